The van der Waals surface area contributed by atoms with Crippen molar-refractivity contribution in [3.8, 4) is 6.07 Å². The van der Waals surface area contributed by atoms with E-state index in [9.17, 15) is 18.1 Å². The Balaban J connectivity index is 1.79. The van der Waals surface area contributed by atoms with Crippen LogP contribution >= 0.6 is 11.6 Å². The molecule has 1 aliphatic heterocycles. The molecule has 2 N–H and O–H groups in total. The molecule has 0 saturated carbocycles. The number of nitriles is 1. The smallest absolute Gasteiger partial charge is 0.246 e. The third kappa shape index (κ3) is 4.27. The average Bonchev–Trinajstić information content (AvgIpc) is 2.66. The Morgan fingerprint density at radius 2 is 2.11 bits per heavy atom. The zero-order valence-corrected chi connectivity index (χ0v) is 16.2. The van der Waals surface area contributed by atoms with Crippen LogP contribution in [0.25, 0.3) is 0 Å². The topological polar surface area (TPSA) is 91.2 Å². The number of carbonyl (C=O) groups is 1. The molecule has 0 bridgehead atoms. The lowest BCUT2D eigenvalue weighted by Crippen LogP contribution is -2.56. The standard InChI is InChI=1S/C18H15ClF2N4O2S/c1-25-17(18(26)23-12-4-5-14(20)13(19)7-12)8-16(24-28(25)27)10-2-3-11(9-22)15(21)6-10/h2-7,16-17,24H,8H2,1H3,(H,23,26)/t16-,17+,28?/m0/s1. The lowest BCUT2D eigenvalue weighted by atomic mass is 9.98. The molecule has 6 nitrogen and oxygen atoms in total. The van der Waals surface area contributed by atoms with Crippen molar-refractivity contribution in [2.24, 2.45) is 0 Å². The maximum Gasteiger partial charge on any atom is 0.246 e. The van der Waals surface area contributed by atoms with E-state index in [1.807, 2.05) is 0 Å². The third-order valence-corrected chi connectivity index (χ3v) is 5.96. The molecule has 146 valence electrons. The largest absolute Gasteiger partial charge is 0.579 e. The summed E-state index contributed by atoms with van der Waals surface area (Å²) in [6.07, 6.45) is 0.203. The van der Waals surface area contributed by atoms with Gasteiger partial charge in [0.1, 0.15) is 35.3 Å². The Morgan fingerprint density at radius 3 is 2.75 bits per heavy atom. The molecule has 28 heavy (non-hydrogen) atoms. The molecular formula is C18H15ClF2N4O2S. The zero-order valence-electron chi connectivity index (χ0n) is 14.6. The number of amides is 1. The Bertz CT molecular complexity index is 956. The second-order valence-corrected chi connectivity index (χ2v) is 7.90. The summed E-state index contributed by atoms with van der Waals surface area (Å²) in [5, 5.41) is 11.3. The quantitative estimate of drug-likeness (QED) is 0.739. The summed E-state index contributed by atoms with van der Waals surface area (Å²) in [5.41, 5.74) is 0.677. The van der Waals surface area contributed by atoms with Gasteiger partial charge in [0, 0.05) is 19.2 Å². The van der Waals surface area contributed by atoms with Crippen LogP contribution in [-0.2, 0) is 16.3 Å². The number of likely N-dealkylation sites (N-methyl/N-ethyl adjacent to an activating group) is 1. The Kier molecular flexibility index (Phi) is 6.17. The minimum Gasteiger partial charge on any atom is -0.579 e. The van der Waals surface area contributed by atoms with E-state index in [1.165, 1.54) is 35.6 Å². The number of nitrogens with zero attached hydrogens (tertiary/aromatic N) is 2. The first-order valence-electron chi connectivity index (χ1n) is 8.16. The van der Waals surface area contributed by atoms with E-state index in [2.05, 4.69) is 10.0 Å². The molecule has 0 aromatic heterocycles. The number of benzene rings is 2. The predicted molar refractivity (Wildman–Crippen MR) is 101 cm³/mol. The molecule has 1 amide bonds. The molecule has 1 aliphatic rings. The van der Waals surface area contributed by atoms with Gasteiger partial charge in [-0.1, -0.05) is 22.0 Å². The van der Waals surface area contributed by atoms with E-state index in [1.54, 1.807) is 12.1 Å². The van der Waals surface area contributed by atoms with Crippen molar-refractivity contribution in [1.82, 2.24) is 9.03 Å². The molecule has 3 atom stereocenters. The fraction of sp³-hybridized carbons (Fsp3) is 0.222. The number of anilines is 1. The number of nitrogens with one attached hydrogen (secondary N) is 2. The molecule has 0 radical (unpaired) electrons. The SMILES string of the molecule is CN1[C@@H](C(=O)Nc2ccc(F)c(Cl)c2)C[C@@H](c2ccc(C#N)c(F)c2)N[S+]1[O-]. The van der Waals surface area contributed by atoms with E-state index < -0.39 is 41.2 Å². The minimum absolute atomic E-state index is 0.0970. The van der Waals surface area contributed by atoms with Crippen LogP contribution in [0.2, 0.25) is 5.02 Å². The van der Waals surface area contributed by atoms with E-state index in [0.717, 1.165) is 6.07 Å². The fourth-order valence-corrected chi connectivity index (χ4v) is 4.09. The first-order chi connectivity index (χ1) is 13.3. The highest BCUT2D eigenvalue weighted by molar-refractivity contribution is 7.87. The second-order valence-electron chi connectivity index (χ2n) is 6.19. The van der Waals surface area contributed by atoms with Crippen molar-refractivity contribution < 1.29 is 18.1 Å². The number of halogens is 3. The number of hydrogen-bond donors (Lipinski definition) is 2. The molecule has 10 heteroatoms. The van der Waals surface area contributed by atoms with E-state index in [-0.39, 0.29) is 17.0 Å². The van der Waals surface area contributed by atoms with Crippen molar-refractivity contribution in [3.63, 3.8) is 0 Å². The highest BCUT2D eigenvalue weighted by Crippen LogP contribution is 2.29. The number of rotatable bonds is 3. The van der Waals surface area contributed by atoms with Gasteiger partial charge < -0.3 is 9.87 Å². The van der Waals surface area contributed by atoms with Gasteiger partial charge >= 0.3 is 0 Å². The minimum atomic E-state index is -1.70. The molecule has 0 spiro atoms. The monoisotopic (exact) mass is 424 g/mol. The maximum atomic E-state index is 13.9. The lowest BCUT2D eigenvalue weighted by molar-refractivity contribution is -0.120. The molecule has 3 rings (SSSR count). The van der Waals surface area contributed by atoms with E-state index in [4.69, 9.17) is 16.9 Å². The molecule has 2 aromatic carbocycles. The van der Waals surface area contributed by atoms with Gasteiger partial charge in [-0.3, -0.25) is 4.79 Å². The summed E-state index contributed by atoms with van der Waals surface area (Å²) in [6.45, 7) is 0. The van der Waals surface area contributed by atoms with Gasteiger partial charge in [-0.25, -0.2) is 8.78 Å². The van der Waals surface area contributed by atoms with Gasteiger partial charge in [-0.05, 0) is 35.9 Å². The van der Waals surface area contributed by atoms with Gasteiger partial charge in [-0.2, -0.15) is 5.26 Å². The van der Waals surface area contributed by atoms with Crippen LogP contribution in [0.5, 0.6) is 0 Å². The second kappa shape index (κ2) is 8.43. The number of hydrogen-bond acceptors (Lipinski definition) is 5. The van der Waals surface area contributed by atoms with Crippen molar-refractivity contribution >= 4 is 34.7 Å². The summed E-state index contributed by atoms with van der Waals surface area (Å²) in [5.74, 6) is -1.75. The summed E-state index contributed by atoms with van der Waals surface area (Å²) < 4.78 is 43.7. The van der Waals surface area contributed by atoms with Gasteiger partial charge in [-0.15, -0.1) is 4.72 Å². The summed E-state index contributed by atoms with van der Waals surface area (Å²) >= 11 is 4.03. The van der Waals surface area contributed by atoms with Crippen molar-refractivity contribution in [3.05, 3.63) is 64.2 Å². The highest BCUT2D eigenvalue weighted by atomic mass is 35.5. The molecule has 2 aromatic rings. The van der Waals surface area contributed by atoms with E-state index in [0.29, 0.717) is 11.3 Å². The van der Waals surface area contributed by atoms with E-state index >= 15 is 0 Å². The van der Waals surface area contributed by atoms with Crippen molar-refractivity contribution in [2.45, 2.75) is 18.5 Å². The fourth-order valence-electron chi connectivity index (χ4n) is 2.85. The van der Waals surface area contributed by atoms with Crippen LogP contribution in [-0.4, -0.2) is 27.9 Å². The van der Waals surface area contributed by atoms with Crippen LogP contribution in [0.1, 0.15) is 23.6 Å². The first-order valence-corrected chi connectivity index (χ1v) is 9.65. The summed E-state index contributed by atoms with van der Waals surface area (Å²) in [7, 11) is 1.51. The van der Waals surface area contributed by atoms with Crippen LogP contribution in [0, 0.1) is 23.0 Å². The van der Waals surface area contributed by atoms with Crippen molar-refractivity contribution in [2.75, 3.05) is 12.4 Å². The Hall–Kier alpha value is -2.22. The number of carbonyl (C=O) groups excluding carboxylic acids is 1. The van der Waals surface area contributed by atoms with Crippen LogP contribution in [0.4, 0.5) is 14.5 Å². The molecule has 1 fully saturated rings. The van der Waals surface area contributed by atoms with Gasteiger partial charge in [0.25, 0.3) is 0 Å². The predicted octanol–water partition coefficient (Wildman–Crippen LogP) is 3.04. The Morgan fingerprint density at radius 1 is 1.36 bits per heavy atom. The summed E-state index contributed by atoms with van der Waals surface area (Å²) in [6, 6.07) is 8.23. The summed E-state index contributed by atoms with van der Waals surface area (Å²) in [4.78, 5) is 12.7. The van der Waals surface area contributed by atoms with Gasteiger partial charge in [0.15, 0.2) is 0 Å². The van der Waals surface area contributed by atoms with Crippen molar-refractivity contribution in [1.29, 1.82) is 5.26 Å². The lowest BCUT2D eigenvalue weighted by Gasteiger charge is -2.36. The van der Waals surface area contributed by atoms with Gasteiger partial charge in [0.05, 0.1) is 16.6 Å². The highest BCUT2D eigenvalue weighted by Gasteiger charge is 2.41. The maximum absolute atomic E-state index is 13.9. The first kappa shape index (κ1) is 20.5. The average molecular weight is 425 g/mol. The molecule has 0 aliphatic carbocycles. The third-order valence-electron chi connectivity index (χ3n) is 4.41. The molecule has 1 saturated heterocycles. The molecular weight excluding hydrogens is 410 g/mol. The zero-order chi connectivity index (χ0) is 20.4. The normalized spacial score (nSPS) is 22.5. The molecule has 1 unspecified atom stereocenters. The van der Waals surface area contributed by atoms with Gasteiger partial charge in [0.2, 0.25) is 5.91 Å². The van der Waals surface area contributed by atoms with Crippen LogP contribution < -0.4 is 10.0 Å². The Labute approximate surface area is 168 Å². The van der Waals surface area contributed by atoms with Crippen LogP contribution in [0.15, 0.2) is 36.4 Å². The van der Waals surface area contributed by atoms with Crippen LogP contribution in [0.3, 0.4) is 0 Å². The molecule has 1 heterocycles.